The van der Waals surface area contributed by atoms with E-state index in [4.69, 9.17) is 0 Å². The van der Waals surface area contributed by atoms with E-state index in [1.54, 1.807) is 30.1 Å². The molecule has 122 valence electrons. The Bertz CT molecular complexity index is 652. The summed E-state index contributed by atoms with van der Waals surface area (Å²) < 4.78 is 13.9. The Morgan fingerprint density at radius 1 is 1.22 bits per heavy atom. The van der Waals surface area contributed by atoms with Crippen LogP contribution in [-0.4, -0.2) is 36.3 Å². The van der Waals surface area contributed by atoms with Crippen LogP contribution in [0, 0.1) is 23.6 Å². The molecule has 0 aromatic heterocycles. The number of halogens is 1. The largest absolute Gasteiger partial charge is 0.333 e. The molecule has 2 aliphatic carbocycles. The molecular weight excluding hydrogens is 295 g/mol. The molecule has 5 heteroatoms. The third-order valence-corrected chi connectivity index (χ3v) is 5.83. The van der Waals surface area contributed by atoms with Crippen molar-refractivity contribution in [2.24, 2.45) is 17.8 Å². The molecule has 2 saturated carbocycles. The van der Waals surface area contributed by atoms with Gasteiger partial charge in [0.1, 0.15) is 11.9 Å². The van der Waals surface area contributed by atoms with Gasteiger partial charge in [0.25, 0.3) is 0 Å². The van der Waals surface area contributed by atoms with E-state index >= 15 is 0 Å². The second kappa shape index (κ2) is 5.32. The van der Waals surface area contributed by atoms with Crippen LogP contribution in [0.25, 0.3) is 0 Å². The first kappa shape index (κ1) is 14.7. The molecule has 23 heavy (non-hydrogen) atoms. The van der Waals surface area contributed by atoms with E-state index in [1.165, 1.54) is 17.4 Å². The number of nitrogens with zero attached hydrogens (tertiary/aromatic N) is 2. The third-order valence-electron chi connectivity index (χ3n) is 5.83. The lowest BCUT2D eigenvalue weighted by molar-refractivity contribution is -0.138. The lowest BCUT2D eigenvalue weighted by Crippen LogP contribution is -2.44. The van der Waals surface area contributed by atoms with Gasteiger partial charge in [0.2, 0.25) is 11.8 Å². The van der Waals surface area contributed by atoms with Gasteiger partial charge in [0, 0.05) is 19.5 Å². The summed E-state index contributed by atoms with van der Waals surface area (Å²) in [6.07, 6.45) is 4.09. The number of amides is 2. The predicted octanol–water partition coefficient (Wildman–Crippen LogP) is 2.44. The molecule has 0 bridgehead atoms. The summed E-state index contributed by atoms with van der Waals surface area (Å²) in [7, 11) is 1.73. The SMILES string of the molecule is CN(C(=O)C1[C@H]2CCC[C@@H]12)[C@@H]1CCN(c2ccccc2F)C1=O. The molecule has 4 rings (SSSR count). The monoisotopic (exact) mass is 316 g/mol. The van der Waals surface area contributed by atoms with Crippen LogP contribution in [0.15, 0.2) is 24.3 Å². The molecule has 1 aromatic carbocycles. The predicted molar refractivity (Wildman–Crippen MR) is 84.2 cm³/mol. The van der Waals surface area contributed by atoms with Gasteiger partial charge in [-0.1, -0.05) is 18.6 Å². The summed E-state index contributed by atoms with van der Waals surface area (Å²) in [5.41, 5.74) is 0.309. The molecule has 4 atom stereocenters. The van der Waals surface area contributed by atoms with Gasteiger partial charge in [-0.2, -0.15) is 0 Å². The number of rotatable bonds is 3. The van der Waals surface area contributed by atoms with Crippen molar-refractivity contribution in [2.45, 2.75) is 31.7 Å². The Balaban J connectivity index is 1.47. The number of carbonyl (C=O) groups is 2. The maximum Gasteiger partial charge on any atom is 0.249 e. The van der Waals surface area contributed by atoms with Crippen LogP contribution >= 0.6 is 0 Å². The van der Waals surface area contributed by atoms with Crippen molar-refractivity contribution in [1.82, 2.24) is 4.90 Å². The van der Waals surface area contributed by atoms with E-state index < -0.39 is 11.9 Å². The Labute approximate surface area is 135 Å². The molecule has 1 saturated heterocycles. The van der Waals surface area contributed by atoms with E-state index in [2.05, 4.69) is 0 Å². The van der Waals surface area contributed by atoms with Crippen LogP contribution in [0.4, 0.5) is 10.1 Å². The molecular formula is C18H21FN2O2. The maximum atomic E-state index is 13.9. The van der Waals surface area contributed by atoms with E-state index in [-0.39, 0.29) is 17.7 Å². The molecule has 1 aromatic rings. The first-order chi connectivity index (χ1) is 11.1. The Kier molecular flexibility index (Phi) is 3.39. The van der Waals surface area contributed by atoms with Crippen molar-refractivity contribution >= 4 is 17.5 Å². The molecule has 2 amide bonds. The summed E-state index contributed by atoms with van der Waals surface area (Å²) in [4.78, 5) is 28.4. The van der Waals surface area contributed by atoms with Crippen LogP contribution < -0.4 is 4.90 Å². The van der Waals surface area contributed by atoms with E-state index in [9.17, 15) is 14.0 Å². The fourth-order valence-corrected chi connectivity index (χ4v) is 4.51. The van der Waals surface area contributed by atoms with Crippen LogP contribution in [0.1, 0.15) is 25.7 Å². The smallest absolute Gasteiger partial charge is 0.249 e. The van der Waals surface area contributed by atoms with E-state index in [0.29, 0.717) is 30.5 Å². The van der Waals surface area contributed by atoms with Gasteiger partial charge >= 0.3 is 0 Å². The highest BCUT2D eigenvalue weighted by atomic mass is 19.1. The molecule has 4 nitrogen and oxygen atoms in total. The Hall–Kier alpha value is -1.91. The number of anilines is 1. The van der Waals surface area contributed by atoms with Crippen LogP contribution in [0.2, 0.25) is 0 Å². The zero-order chi connectivity index (χ0) is 16.1. The molecule has 0 radical (unpaired) electrons. The zero-order valence-corrected chi connectivity index (χ0v) is 13.2. The summed E-state index contributed by atoms with van der Waals surface area (Å²) >= 11 is 0. The highest BCUT2D eigenvalue weighted by Crippen LogP contribution is 2.58. The molecule has 1 heterocycles. The lowest BCUT2D eigenvalue weighted by atomic mass is 10.1. The van der Waals surface area contributed by atoms with Gasteiger partial charge in [-0.25, -0.2) is 4.39 Å². The lowest BCUT2D eigenvalue weighted by Gasteiger charge is -2.25. The standard InChI is InChI=1S/C18H21FN2O2/c1-20(18(23)16-11-5-4-6-12(11)16)15-9-10-21(17(15)22)14-8-3-2-7-13(14)19/h2-3,7-8,11-12,15-16H,4-6,9-10H2,1H3/t11-,12+,15-,16?/m1/s1. The van der Waals surface area contributed by atoms with Gasteiger partial charge in [-0.05, 0) is 43.2 Å². The fourth-order valence-electron chi connectivity index (χ4n) is 4.51. The van der Waals surface area contributed by atoms with E-state index in [1.807, 2.05) is 0 Å². The first-order valence-corrected chi connectivity index (χ1v) is 8.42. The third kappa shape index (κ3) is 2.25. The minimum absolute atomic E-state index is 0.105. The number of carbonyl (C=O) groups excluding carboxylic acids is 2. The van der Waals surface area contributed by atoms with Crippen LogP contribution in [0.5, 0.6) is 0 Å². The van der Waals surface area contributed by atoms with Crippen LogP contribution in [0.3, 0.4) is 0 Å². The van der Waals surface area contributed by atoms with E-state index in [0.717, 1.165) is 12.8 Å². The highest BCUT2D eigenvalue weighted by Gasteiger charge is 2.58. The first-order valence-electron chi connectivity index (χ1n) is 8.42. The van der Waals surface area contributed by atoms with Gasteiger partial charge in [0.05, 0.1) is 5.69 Å². The minimum Gasteiger partial charge on any atom is -0.333 e. The molecule has 1 unspecified atom stereocenters. The quantitative estimate of drug-likeness (QED) is 0.859. The number of fused-ring (bicyclic) bond motifs is 1. The molecule has 0 spiro atoms. The number of benzene rings is 1. The molecule has 3 fully saturated rings. The average Bonchev–Trinajstić information content (AvgIpc) is 2.87. The van der Waals surface area contributed by atoms with Crippen molar-refractivity contribution in [3.05, 3.63) is 30.1 Å². The summed E-state index contributed by atoms with van der Waals surface area (Å²) in [5.74, 6) is 0.759. The molecule has 3 aliphatic rings. The normalized spacial score (nSPS) is 32.1. The highest BCUT2D eigenvalue weighted by molar-refractivity contribution is 6.01. The van der Waals surface area contributed by atoms with Crippen molar-refractivity contribution in [1.29, 1.82) is 0 Å². The average molecular weight is 316 g/mol. The van der Waals surface area contributed by atoms with Gasteiger partial charge in [-0.15, -0.1) is 0 Å². The zero-order valence-electron chi connectivity index (χ0n) is 13.2. The van der Waals surface area contributed by atoms with Crippen molar-refractivity contribution < 1.29 is 14.0 Å². The Morgan fingerprint density at radius 2 is 1.91 bits per heavy atom. The van der Waals surface area contributed by atoms with Gasteiger partial charge in [-0.3, -0.25) is 9.59 Å². The molecule has 1 aliphatic heterocycles. The number of para-hydroxylation sites is 1. The Morgan fingerprint density at radius 3 is 2.61 bits per heavy atom. The van der Waals surface area contributed by atoms with Crippen molar-refractivity contribution in [3.63, 3.8) is 0 Å². The maximum absolute atomic E-state index is 13.9. The molecule has 0 N–H and O–H groups in total. The van der Waals surface area contributed by atoms with Crippen molar-refractivity contribution in [2.75, 3.05) is 18.5 Å². The summed E-state index contributed by atoms with van der Waals surface area (Å²) in [6, 6.07) is 5.85. The minimum atomic E-state index is -0.455. The second-order valence-electron chi connectivity index (χ2n) is 6.98. The van der Waals surface area contributed by atoms with Crippen molar-refractivity contribution in [3.8, 4) is 0 Å². The summed E-state index contributed by atoms with van der Waals surface area (Å²) in [5, 5.41) is 0. The number of hydrogen-bond donors (Lipinski definition) is 0. The summed E-state index contributed by atoms with van der Waals surface area (Å²) in [6.45, 7) is 0.458. The number of hydrogen-bond acceptors (Lipinski definition) is 2. The van der Waals surface area contributed by atoms with Gasteiger partial charge < -0.3 is 9.80 Å². The topological polar surface area (TPSA) is 40.6 Å². The fraction of sp³-hybridized carbons (Fsp3) is 0.556. The second-order valence-corrected chi connectivity index (χ2v) is 6.98. The van der Waals surface area contributed by atoms with Crippen LogP contribution in [-0.2, 0) is 9.59 Å². The van der Waals surface area contributed by atoms with Gasteiger partial charge in [0.15, 0.2) is 0 Å². The number of likely N-dealkylation sites (N-methyl/N-ethyl adjacent to an activating group) is 1.